The molecule has 2 aromatic carbocycles. The zero-order valence-electron chi connectivity index (χ0n) is 14.0. The van der Waals surface area contributed by atoms with Gasteiger partial charge in [-0.25, -0.2) is 17.9 Å². The molecule has 1 aliphatic rings. The molecule has 0 aliphatic carbocycles. The van der Waals surface area contributed by atoms with Gasteiger partial charge in [0.05, 0.1) is 23.5 Å². The predicted octanol–water partition coefficient (Wildman–Crippen LogP) is 1.53. The minimum atomic E-state index is -4.11. The van der Waals surface area contributed by atoms with Crippen LogP contribution in [0, 0.1) is 5.92 Å². The number of hydrogen-bond acceptors (Lipinski definition) is 6. The van der Waals surface area contributed by atoms with Crippen LogP contribution in [0.15, 0.2) is 53.4 Å². The quantitative estimate of drug-likeness (QED) is 0.814. The number of para-hydroxylation sites is 1. The van der Waals surface area contributed by atoms with Gasteiger partial charge in [-0.1, -0.05) is 24.3 Å². The molecule has 0 saturated carbocycles. The Morgan fingerprint density at radius 3 is 2.69 bits per heavy atom. The molecule has 0 radical (unpaired) electrons. The Bertz CT molecular complexity index is 954. The molecule has 1 atom stereocenters. The summed E-state index contributed by atoms with van der Waals surface area (Å²) in [6, 6.07) is 12.6. The highest BCUT2D eigenvalue weighted by Crippen LogP contribution is 2.27. The molecule has 0 saturated heterocycles. The smallest absolute Gasteiger partial charge is 0.337 e. The van der Waals surface area contributed by atoms with Gasteiger partial charge in [0.15, 0.2) is 0 Å². The lowest BCUT2D eigenvalue weighted by Gasteiger charge is -2.24. The second kappa shape index (κ2) is 7.17. The first-order valence-electron chi connectivity index (χ1n) is 7.86. The number of ether oxygens (including phenoxy) is 2. The largest absolute Gasteiger partial charge is 0.492 e. The van der Waals surface area contributed by atoms with Gasteiger partial charge in [0.2, 0.25) is 5.91 Å². The van der Waals surface area contributed by atoms with Gasteiger partial charge in [-0.05, 0) is 36.2 Å². The van der Waals surface area contributed by atoms with Crippen molar-refractivity contribution in [1.29, 1.82) is 0 Å². The molecular formula is C18H17NO6S. The Morgan fingerprint density at radius 1 is 1.15 bits per heavy atom. The number of carbonyl (C=O) groups excluding carboxylic acids is 2. The molecule has 0 aromatic heterocycles. The number of hydrogen-bond donors (Lipinski definition) is 1. The molecule has 0 unspecified atom stereocenters. The second-order valence-corrected chi connectivity index (χ2v) is 7.49. The molecule has 3 rings (SSSR count). The summed E-state index contributed by atoms with van der Waals surface area (Å²) in [6.45, 7) is 0.0978. The number of fused-ring (bicyclic) bond motifs is 1. The van der Waals surface area contributed by atoms with Crippen molar-refractivity contribution in [2.24, 2.45) is 5.92 Å². The van der Waals surface area contributed by atoms with Crippen LogP contribution >= 0.6 is 0 Å². The fourth-order valence-corrected chi connectivity index (χ4v) is 3.77. The summed E-state index contributed by atoms with van der Waals surface area (Å²) in [4.78, 5) is 23.8. The molecular weight excluding hydrogens is 358 g/mol. The lowest BCUT2D eigenvalue weighted by Crippen LogP contribution is -2.40. The van der Waals surface area contributed by atoms with Crippen molar-refractivity contribution < 1.29 is 27.5 Å². The predicted molar refractivity (Wildman–Crippen MR) is 92.2 cm³/mol. The Kier molecular flexibility index (Phi) is 4.94. The standard InChI is InChI=1S/C18H17NO6S/c1-24-18(21)13-6-4-7-15(10-13)26(22,23)19-17(20)14-9-12-5-2-3-8-16(12)25-11-14/h2-8,10,14H,9,11H2,1H3,(H,19,20)/t14-/m0/s1. The van der Waals surface area contributed by atoms with E-state index in [2.05, 4.69) is 9.46 Å². The van der Waals surface area contributed by atoms with Gasteiger partial charge in [0.25, 0.3) is 10.0 Å². The molecule has 1 amide bonds. The monoisotopic (exact) mass is 375 g/mol. The van der Waals surface area contributed by atoms with Gasteiger partial charge < -0.3 is 9.47 Å². The van der Waals surface area contributed by atoms with Crippen LogP contribution in [0.25, 0.3) is 0 Å². The number of amides is 1. The maximum atomic E-state index is 12.5. The van der Waals surface area contributed by atoms with E-state index >= 15 is 0 Å². The maximum absolute atomic E-state index is 12.5. The molecule has 0 fully saturated rings. The third kappa shape index (κ3) is 3.70. The van der Waals surface area contributed by atoms with Crippen molar-refractivity contribution in [1.82, 2.24) is 4.72 Å². The highest BCUT2D eigenvalue weighted by atomic mass is 32.2. The number of benzene rings is 2. The third-order valence-corrected chi connectivity index (χ3v) is 5.39. The fourth-order valence-electron chi connectivity index (χ4n) is 2.68. The van der Waals surface area contributed by atoms with Crippen LogP contribution in [0.5, 0.6) is 5.75 Å². The normalized spacial score (nSPS) is 16.1. The summed E-state index contributed by atoms with van der Waals surface area (Å²) in [6.07, 6.45) is 0.389. The number of nitrogens with one attached hydrogen (secondary N) is 1. The van der Waals surface area contributed by atoms with E-state index in [0.29, 0.717) is 12.2 Å². The van der Waals surface area contributed by atoms with Crippen LogP contribution in [0.1, 0.15) is 15.9 Å². The average molecular weight is 375 g/mol. The number of rotatable bonds is 4. The van der Waals surface area contributed by atoms with Crippen LogP contribution in [0.2, 0.25) is 0 Å². The second-order valence-electron chi connectivity index (χ2n) is 5.81. The summed E-state index contributed by atoms with van der Waals surface area (Å²) in [5, 5.41) is 0. The summed E-state index contributed by atoms with van der Waals surface area (Å²) in [5.41, 5.74) is 0.932. The Labute approximate surface area is 151 Å². The van der Waals surface area contributed by atoms with E-state index < -0.39 is 27.8 Å². The third-order valence-electron chi connectivity index (χ3n) is 4.05. The highest BCUT2D eigenvalue weighted by Gasteiger charge is 2.29. The molecule has 1 aliphatic heterocycles. The number of carbonyl (C=O) groups is 2. The van der Waals surface area contributed by atoms with Crippen molar-refractivity contribution in [3.63, 3.8) is 0 Å². The van der Waals surface area contributed by atoms with Gasteiger partial charge in [0.1, 0.15) is 12.4 Å². The van der Waals surface area contributed by atoms with E-state index in [9.17, 15) is 18.0 Å². The molecule has 1 N–H and O–H groups in total. The number of methoxy groups -OCH3 is 1. The van der Waals surface area contributed by atoms with Crippen molar-refractivity contribution in [2.75, 3.05) is 13.7 Å². The lowest BCUT2D eigenvalue weighted by molar-refractivity contribution is -0.124. The van der Waals surface area contributed by atoms with E-state index in [-0.39, 0.29) is 17.1 Å². The van der Waals surface area contributed by atoms with E-state index in [4.69, 9.17) is 4.74 Å². The van der Waals surface area contributed by atoms with Crippen LogP contribution in [-0.2, 0) is 26.0 Å². The van der Waals surface area contributed by atoms with E-state index in [1.54, 1.807) is 6.07 Å². The molecule has 0 spiro atoms. The minimum absolute atomic E-state index is 0.0813. The zero-order valence-corrected chi connectivity index (χ0v) is 14.8. The molecule has 7 nitrogen and oxygen atoms in total. The molecule has 8 heteroatoms. The van der Waals surface area contributed by atoms with Crippen molar-refractivity contribution >= 4 is 21.9 Å². The minimum Gasteiger partial charge on any atom is -0.492 e. The molecule has 26 heavy (non-hydrogen) atoms. The van der Waals surface area contributed by atoms with E-state index in [1.165, 1.54) is 25.3 Å². The van der Waals surface area contributed by atoms with Gasteiger partial charge in [-0.15, -0.1) is 0 Å². The highest BCUT2D eigenvalue weighted by molar-refractivity contribution is 7.90. The Morgan fingerprint density at radius 2 is 1.92 bits per heavy atom. The zero-order chi connectivity index (χ0) is 18.7. The Balaban J connectivity index is 1.76. The van der Waals surface area contributed by atoms with Gasteiger partial charge >= 0.3 is 5.97 Å². The van der Waals surface area contributed by atoms with Crippen molar-refractivity contribution in [3.8, 4) is 5.75 Å². The van der Waals surface area contributed by atoms with Gasteiger partial charge in [0, 0.05) is 0 Å². The molecule has 0 bridgehead atoms. The summed E-state index contributed by atoms with van der Waals surface area (Å²) >= 11 is 0. The summed E-state index contributed by atoms with van der Waals surface area (Å²) in [7, 11) is -2.91. The van der Waals surface area contributed by atoms with E-state index in [0.717, 1.165) is 11.6 Å². The fraction of sp³-hybridized carbons (Fsp3) is 0.222. The number of esters is 1. The first kappa shape index (κ1) is 17.9. The van der Waals surface area contributed by atoms with Crippen LogP contribution in [-0.4, -0.2) is 34.0 Å². The van der Waals surface area contributed by atoms with Gasteiger partial charge in [-0.2, -0.15) is 0 Å². The van der Waals surface area contributed by atoms with Crippen LogP contribution in [0.3, 0.4) is 0 Å². The lowest BCUT2D eigenvalue weighted by atomic mass is 9.96. The van der Waals surface area contributed by atoms with Crippen molar-refractivity contribution in [2.45, 2.75) is 11.3 Å². The number of sulfonamides is 1. The van der Waals surface area contributed by atoms with E-state index in [1.807, 2.05) is 18.2 Å². The topological polar surface area (TPSA) is 98.8 Å². The average Bonchev–Trinajstić information content (AvgIpc) is 2.66. The first-order valence-corrected chi connectivity index (χ1v) is 9.35. The Hall–Kier alpha value is -2.87. The SMILES string of the molecule is COC(=O)c1cccc(S(=O)(=O)NC(=O)[C@@H]2COc3ccccc3C2)c1. The molecule has 1 heterocycles. The van der Waals surface area contributed by atoms with Crippen LogP contribution in [0.4, 0.5) is 0 Å². The van der Waals surface area contributed by atoms with Crippen LogP contribution < -0.4 is 9.46 Å². The summed E-state index contributed by atoms with van der Waals surface area (Å²) in [5.74, 6) is -1.23. The van der Waals surface area contributed by atoms with Gasteiger partial charge in [-0.3, -0.25) is 4.79 Å². The summed E-state index contributed by atoms with van der Waals surface area (Å²) < 4.78 is 37.1. The van der Waals surface area contributed by atoms with Crippen molar-refractivity contribution in [3.05, 3.63) is 59.7 Å². The molecule has 136 valence electrons. The first-order chi connectivity index (χ1) is 12.4. The maximum Gasteiger partial charge on any atom is 0.337 e. The molecule has 2 aromatic rings.